The molecule has 0 amide bonds. The van der Waals surface area contributed by atoms with Crippen molar-refractivity contribution >= 4 is 34.6 Å². The van der Waals surface area contributed by atoms with E-state index < -0.39 is 0 Å². The van der Waals surface area contributed by atoms with Crippen LogP contribution < -0.4 is 15.0 Å². The van der Waals surface area contributed by atoms with Gasteiger partial charge in [0.05, 0.1) is 23.4 Å². The van der Waals surface area contributed by atoms with Gasteiger partial charge in [-0.2, -0.15) is 0 Å². The molecule has 184 valence electrons. The van der Waals surface area contributed by atoms with Crippen molar-refractivity contribution in [1.82, 2.24) is 14.9 Å². The maximum absolute atomic E-state index is 9.79. The molecule has 3 heterocycles. The maximum atomic E-state index is 9.79. The molecule has 1 aliphatic heterocycles. The summed E-state index contributed by atoms with van der Waals surface area (Å²) in [7, 11) is 1.63. The first-order valence-corrected chi connectivity index (χ1v) is 12.2. The Morgan fingerprint density at radius 2 is 1.83 bits per heavy atom. The van der Waals surface area contributed by atoms with Crippen LogP contribution in [0.2, 0.25) is 5.02 Å². The number of hydrogen-bond donors (Lipinski definition) is 2. The van der Waals surface area contributed by atoms with E-state index in [0.29, 0.717) is 29.1 Å². The van der Waals surface area contributed by atoms with Crippen molar-refractivity contribution in [2.24, 2.45) is 0 Å². The quantitative estimate of drug-likeness (QED) is 0.237. The number of phenols is 1. The second-order valence-corrected chi connectivity index (χ2v) is 9.07. The van der Waals surface area contributed by atoms with E-state index in [-0.39, 0.29) is 17.8 Å². The van der Waals surface area contributed by atoms with E-state index in [0.717, 1.165) is 22.8 Å². The summed E-state index contributed by atoms with van der Waals surface area (Å²) in [6.45, 7) is 0.879. The molecule has 9 heteroatoms. The number of methoxy groups -OCH3 is 1. The molecule has 2 unspecified atom stereocenters. The van der Waals surface area contributed by atoms with Crippen molar-refractivity contribution in [3.63, 3.8) is 0 Å². The molecule has 1 aliphatic rings. The number of rotatable bonds is 8. The predicted octanol–water partition coefficient (Wildman–Crippen LogP) is 5.43. The van der Waals surface area contributed by atoms with Gasteiger partial charge < -0.3 is 29.4 Å². The number of nitrogens with zero attached hydrogens (tertiary/aromatic N) is 3. The molecule has 2 aromatic heterocycles. The highest BCUT2D eigenvalue weighted by atomic mass is 35.5. The van der Waals surface area contributed by atoms with Crippen LogP contribution in [-0.4, -0.2) is 40.1 Å². The molecule has 36 heavy (non-hydrogen) atoms. The molecule has 7 nitrogen and oxygen atoms in total. The SMILES string of the molecule is COCCOc1ccc(N2C(=S)NC(c3ccccn3)C2c2cccn2-c2ccc(O)cc2)cc1Cl. The molecular weight excluding hydrogens is 496 g/mol. The third-order valence-electron chi connectivity index (χ3n) is 6.05. The molecule has 0 aliphatic carbocycles. The molecule has 1 saturated heterocycles. The summed E-state index contributed by atoms with van der Waals surface area (Å²) >= 11 is 12.4. The zero-order chi connectivity index (χ0) is 25.1. The van der Waals surface area contributed by atoms with E-state index in [9.17, 15) is 5.11 Å². The minimum absolute atomic E-state index is 0.208. The topological polar surface area (TPSA) is 71.8 Å². The highest BCUT2D eigenvalue weighted by Crippen LogP contribution is 2.43. The first-order valence-electron chi connectivity index (χ1n) is 11.5. The fourth-order valence-electron chi connectivity index (χ4n) is 4.41. The summed E-state index contributed by atoms with van der Waals surface area (Å²) in [5.74, 6) is 0.799. The molecule has 0 bridgehead atoms. The average molecular weight is 521 g/mol. The Labute approximate surface area is 219 Å². The minimum Gasteiger partial charge on any atom is -0.508 e. The van der Waals surface area contributed by atoms with Gasteiger partial charge in [0.15, 0.2) is 5.11 Å². The molecule has 2 N–H and O–H groups in total. The van der Waals surface area contributed by atoms with Crippen molar-refractivity contribution in [3.05, 3.63) is 102 Å². The van der Waals surface area contributed by atoms with Gasteiger partial charge in [-0.15, -0.1) is 0 Å². The van der Waals surface area contributed by atoms with Crippen LogP contribution in [0.1, 0.15) is 23.5 Å². The molecule has 0 saturated carbocycles. The normalized spacial score (nSPS) is 17.3. The number of aromatic hydroxyl groups is 1. The number of ether oxygens (including phenoxy) is 2. The van der Waals surface area contributed by atoms with E-state index in [4.69, 9.17) is 33.3 Å². The van der Waals surface area contributed by atoms with E-state index in [1.165, 1.54) is 0 Å². The van der Waals surface area contributed by atoms with Gasteiger partial charge in [-0.05, 0) is 78.9 Å². The first-order chi connectivity index (χ1) is 17.6. The van der Waals surface area contributed by atoms with Crippen LogP contribution in [-0.2, 0) is 4.74 Å². The van der Waals surface area contributed by atoms with Gasteiger partial charge in [0.2, 0.25) is 0 Å². The van der Waals surface area contributed by atoms with E-state index in [2.05, 4.69) is 25.8 Å². The van der Waals surface area contributed by atoms with Crippen LogP contribution >= 0.6 is 23.8 Å². The molecule has 5 rings (SSSR count). The molecule has 2 aromatic carbocycles. The number of benzene rings is 2. The van der Waals surface area contributed by atoms with Crippen LogP contribution in [0.4, 0.5) is 5.69 Å². The Hall–Kier alpha value is -3.59. The summed E-state index contributed by atoms with van der Waals surface area (Å²) in [6.07, 6.45) is 3.78. The molecule has 0 spiro atoms. The number of nitrogens with one attached hydrogen (secondary N) is 1. The summed E-state index contributed by atoms with van der Waals surface area (Å²) in [4.78, 5) is 6.68. The van der Waals surface area contributed by atoms with E-state index in [1.807, 2.05) is 60.8 Å². The Morgan fingerprint density at radius 1 is 1.03 bits per heavy atom. The van der Waals surface area contributed by atoms with Gasteiger partial charge in [-0.25, -0.2) is 0 Å². The van der Waals surface area contributed by atoms with Gasteiger partial charge in [-0.1, -0.05) is 17.7 Å². The second-order valence-electron chi connectivity index (χ2n) is 8.27. The van der Waals surface area contributed by atoms with Gasteiger partial charge in [0.25, 0.3) is 0 Å². The van der Waals surface area contributed by atoms with Gasteiger partial charge >= 0.3 is 0 Å². The van der Waals surface area contributed by atoms with Crippen molar-refractivity contribution in [1.29, 1.82) is 0 Å². The molecule has 2 atom stereocenters. The van der Waals surface area contributed by atoms with Crippen LogP contribution in [0.25, 0.3) is 5.69 Å². The zero-order valence-corrected chi connectivity index (χ0v) is 21.1. The molecular formula is C27H25ClN4O3S. The van der Waals surface area contributed by atoms with Crippen LogP contribution in [0.3, 0.4) is 0 Å². The molecule has 1 fully saturated rings. The fourth-order valence-corrected chi connectivity index (χ4v) is 4.98. The van der Waals surface area contributed by atoms with Gasteiger partial charge in [0.1, 0.15) is 24.1 Å². The van der Waals surface area contributed by atoms with Crippen molar-refractivity contribution in [2.45, 2.75) is 12.1 Å². The smallest absolute Gasteiger partial charge is 0.174 e. The van der Waals surface area contributed by atoms with Crippen molar-refractivity contribution < 1.29 is 14.6 Å². The fraction of sp³-hybridized carbons (Fsp3) is 0.185. The van der Waals surface area contributed by atoms with E-state index in [1.54, 1.807) is 25.4 Å². The van der Waals surface area contributed by atoms with Crippen LogP contribution in [0.5, 0.6) is 11.5 Å². The lowest BCUT2D eigenvalue weighted by Crippen LogP contribution is -2.30. The maximum Gasteiger partial charge on any atom is 0.174 e. The summed E-state index contributed by atoms with van der Waals surface area (Å²) in [5, 5.41) is 14.3. The van der Waals surface area contributed by atoms with Crippen LogP contribution in [0.15, 0.2) is 85.2 Å². The number of phenolic OH excluding ortho intramolecular Hbond substituents is 1. The number of thiocarbonyl (C=S) groups is 1. The standard InChI is InChI=1S/C27H25ClN4O3S/c1-34-15-16-35-24-12-9-19(17-21(24)28)32-26(25(30-27(32)36)22-5-2-3-13-29-22)23-6-4-14-31(23)18-7-10-20(33)11-8-18/h2-14,17,25-26,33H,15-16H2,1H3,(H,30,36). The molecule has 4 aromatic rings. The third-order valence-corrected chi connectivity index (χ3v) is 6.66. The lowest BCUT2D eigenvalue weighted by Gasteiger charge is -2.29. The minimum atomic E-state index is -0.229. The lowest BCUT2D eigenvalue weighted by atomic mass is 10.0. The Bertz CT molecular complexity index is 1350. The zero-order valence-electron chi connectivity index (χ0n) is 19.5. The predicted molar refractivity (Wildman–Crippen MR) is 144 cm³/mol. The Morgan fingerprint density at radius 3 is 2.56 bits per heavy atom. The van der Waals surface area contributed by atoms with Crippen LogP contribution in [0, 0.1) is 0 Å². The van der Waals surface area contributed by atoms with Crippen molar-refractivity contribution in [3.8, 4) is 17.2 Å². The Kier molecular flexibility index (Phi) is 7.09. The highest BCUT2D eigenvalue weighted by Gasteiger charge is 2.42. The van der Waals surface area contributed by atoms with Crippen molar-refractivity contribution in [2.75, 3.05) is 25.2 Å². The van der Waals surface area contributed by atoms with Gasteiger partial charge in [0, 0.05) is 36.6 Å². The lowest BCUT2D eigenvalue weighted by molar-refractivity contribution is 0.146. The summed E-state index contributed by atoms with van der Waals surface area (Å²) < 4.78 is 12.9. The average Bonchev–Trinajstić information content (AvgIpc) is 3.50. The number of pyridine rings is 1. The first kappa shape index (κ1) is 24.1. The summed E-state index contributed by atoms with van der Waals surface area (Å²) in [6, 6.07) is 22.2. The number of aromatic nitrogens is 2. The third kappa shape index (κ3) is 4.75. The second kappa shape index (κ2) is 10.6. The number of anilines is 1. The Balaban J connectivity index is 1.58. The van der Waals surface area contributed by atoms with E-state index >= 15 is 0 Å². The monoisotopic (exact) mass is 520 g/mol. The molecule has 0 radical (unpaired) electrons. The van der Waals surface area contributed by atoms with Gasteiger partial charge in [-0.3, -0.25) is 4.98 Å². The highest BCUT2D eigenvalue weighted by molar-refractivity contribution is 7.80. The number of hydrogen-bond acceptors (Lipinski definition) is 5. The largest absolute Gasteiger partial charge is 0.508 e. The summed E-state index contributed by atoms with van der Waals surface area (Å²) in [5.41, 5.74) is 3.63. The number of halogens is 1.